The SMILES string of the molecule is CCc1oc2ccccc2c1/C=C/C(=O)N[C@@H](CCSC)C(=O)OC. The Kier molecular flexibility index (Phi) is 7.13. The highest BCUT2D eigenvalue weighted by molar-refractivity contribution is 7.98. The molecule has 0 saturated carbocycles. The maximum absolute atomic E-state index is 12.2. The molecule has 25 heavy (non-hydrogen) atoms. The van der Waals surface area contributed by atoms with Gasteiger partial charge in [-0.2, -0.15) is 11.8 Å². The summed E-state index contributed by atoms with van der Waals surface area (Å²) in [6.45, 7) is 2.00. The molecule has 134 valence electrons. The standard InChI is InChI=1S/C19H23NO4S/c1-4-16-14(13-7-5-6-8-17(13)24-16)9-10-18(21)20-15(11-12-25-3)19(22)23-2/h5-10,15H,4,11-12H2,1-3H3,(H,20,21)/b10-9+/t15-/m0/s1. The van der Waals surface area contributed by atoms with Crippen LogP contribution in [0.4, 0.5) is 0 Å². The van der Waals surface area contributed by atoms with E-state index in [-0.39, 0.29) is 5.91 Å². The number of ether oxygens (including phenoxy) is 1. The van der Waals surface area contributed by atoms with Crippen molar-refractivity contribution >= 4 is 40.7 Å². The minimum absolute atomic E-state index is 0.330. The van der Waals surface area contributed by atoms with Crippen molar-refractivity contribution in [1.29, 1.82) is 0 Å². The quantitative estimate of drug-likeness (QED) is 0.576. The molecule has 1 aromatic carbocycles. The van der Waals surface area contributed by atoms with E-state index in [0.717, 1.165) is 34.5 Å². The van der Waals surface area contributed by atoms with E-state index in [2.05, 4.69) is 5.32 Å². The molecule has 6 heteroatoms. The number of aryl methyl sites for hydroxylation is 1. The van der Waals surface area contributed by atoms with Gasteiger partial charge in [-0.05, 0) is 30.6 Å². The number of methoxy groups -OCH3 is 1. The van der Waals surface area contributed by atoms with Crippen molar-refractivity contribution in [3.05, 3.63) is 41.7 Å². The topological polar surface area (TPSA) is 68.5 Å². The minimum atomic E-state index is -0.638. The number of amides is 1. The van der Waals surface area contributed by atoms with Gasteiger partial charge in [0.15, 0.2) is 0 Å². The third-order valence-electron chi connectivity index (χ3n) is 3.85. The van der Waals surface area contributed by atoms with Gasteiger partial charge in [0.2, 0.25) is 5.91 Å². The molecular weight excluding hydrogens is 338 g/mol. The van der Waals surface area contributed by atoms with Crippen LogP contribution in [-0.2, 0) is 20.7 Å². The number of nitrogens with one attached hydrogen (secondary N) is 1. The fraction of sp³-hybridized carbons (Fsp3) is 0.368. The van der Waals surface area contributed by atoms with E-state index in [1.165, 1.54) is 13.2 Å². The average molecular weight is 361 g/mol. The number of rotatable bonds is 8. The zero-order chi connectivity index (χ0) is 18.2. The van der Waals surface area contributed by atoms with E-state index in [9.17, 15) is 9.59 Å². The van der Waals surface area contributed by atoms with E-state index < -0.39 is 12.0 Å². The van der Waals surface area contributed by atoms with Crippen LogP contribution in [0.1, 0.15) is 24.7 Å². The lowest BCUT2D eigenvalue weighted by atomic mass is 10.1. The molecule has 1 N–H and O–H groups in total. The number of para-hydroxylation sites is 1. The number of benzene rings is 1. The number of hydrogen-bond donors (Lipinski definition) is 1. The van der Waals surface area contributed by atoms with Crippen molar-refractivity contribution in [2.75, 3.05) is 19.1 Å². The van der Waals surface area contributed by atoms with Crippen molar-refractivity contribution in [3.8, 4) is 0 Å². The summed E-state index contributed by atoms with van der Waals surface area (Å²) in [6, 6.07) is 7.08. The molecule has 0 unspecified atom stereocenters. The van der Waals surface area contributed by atoms with Crippen molar-refractivity contribution in [3.63, 3.8) is 0 Å². The van der Waals surface area contributed by atoms with Gasteiger partial charge in [0.05, 0.1) is 7.11 Å². The van der Waals surface area contributed by atoms with Crippen LogP contribution in [0, 0.1) is 0 Å². The van der Waals surface area contributed by atoms with E-state index in [4.69, 9.17) is 9.15 Å². The lowest BCUT2D eigenvalue weighted by Gasteiger charge is -2.14. The van der Waals surface area contributed by atoms with E-state index in [1.807, 2.05) is 37.4 Å². The number of carbonyl (C=O) groups excluding carboxylic acids is 2. The molecule has 2 rings (SSSR count). The fourth-order valence-electron chi connectivity index (χ4n) is 2.57. The number of esters is 1. The second-order valence-electron chi connectivity index (χ2n) is 5.49. The van der Waals surface area contributed by atoms with Crippen LogP contribution in [-0.4, -0.2) is 37.0 Å². The molecule has 0 aliphatic heterocycles. The second kappa shape index (κ2) is 9.32. The first-order valence-electron chi connectivity index (χ1n) is 8.16. The Balaban J connectivity index is 2.15. The molecule has 0 radical (unpaired) electrons. The molecule has 0 saturated heterocycles. The highest BCUT2D eigenvalue weighted by atomic mass is 32.2. The Bertz CT molecular complexity index is 766. The number of hydrogen-bond acceptors (Lipinski definition) is 5. The Morgan fingerprint density at radius 3 is 2.80 bits per heavy atom. The smallest absolute Gasteiger partial charge is 0.328 e. The maximum atomic E-state index is 12.2. The summed E-state index contributed by atoms with van der Waals surface area (Å²) in [6.07, 6.45) is 6.39. The van der Waals surface area contributed by atoms with Crippen LogP contribution in [0.25, 0.3) is 17.0 Å². The number of furan rings is 1. The van der Waals surface area contributed by atoms with Gasteiger partial charge in [-0.1, -0.05) is 25.1 Å². The largest absolute Gasteiger partial charge is 0.467 e. The predicted octanol–water partition coefficient (Wildman–Crippen LogP) is 3.42. The molecule has 5 nitrogen and oxygen atoms in total. The molecule has 1 heterocycles. The normalized spacial score (nSPS) is 12.4. The monoisotopic (exact) mass is 361 g/mol. The van der Waals surface area contributed by atoms with Gasteiger partial charge < -0.3 is 14.5 Å². The molecule has 1 aromatic heterocycles. The first kappa shape index (κ1) is 19.1. The van der Waals surface area contributed by atoms with Gasteiger partial charge in [0, 0.05) is 23.4 Å². The van der Waals surface area contributed by atoms with Crippen molar-refractivity contribution < 1.29 is 18.7 Å². The Hall–Kier alpha value is -2.21. The van der Waals surface area contributed by atoms with Crippen LogP contribution < -0.4 is 5.32 Å². The summed E-state index contributed by atoms with van der Waals surface area (Å²) < 4.78 is 10.6. The van der Waals surface area contributed by atoms with Gasteiger partial charge in [0.1, 0.15) is 17.4 Å². The van der Waals surface area contributed by atoms with Gasteiger partial charge in [0.25, 0.3) is 0 Å². The number of thioether (sulfide) groups is 1. The summed E-state index contributed by atoms with van der Waals surface area (Å²) in [5.74, 6) is 0.829. The average Bonchev–Trinajstić information content (AvgIpc) is 3.00. The van der Waals surface area contributed by atoms with Crippen LogP contribution in [0.5, 0.6) is 0 Å². The van der Waals surface area contributed by atoms with Crippen LogP contribution in [0.15, 0.2) is 34.8 Å². The Morgan fingerprint density at radius 2 is 2.12 bits per heavy atom. The Morgan fingerprint density at radius 1 is 1.36 bits per heavy atom. The molecule has 0 aliphatic carbocycles. The maximum Gasteiger partial charge on any atom is 0.328 e. The lowest BCUT2D eigenvalue weighted by Crippen LogP contribution is -2.41. The molecule has 1 atom stereocenters. The summed E-state index contributed by atoms with van der Waals surface area (Å²) in [7, 11) is 1.32. The van der Waals surface area contributed by atoms with E-state index in [1.54, 1.807) is 17.8 Å². The van der Waals surface area contributed by atoms with Gasteiger partial charge in [-0.15, -0.1) is 0 Å². The first-order valence-corrected chi connectivity index (χ1v) is 9.55. The molecule has 0 aliphatic rings. The van der Waals surface area contributed by atoms with Crippen molar-refractivity contribution in [2.24, 2.45) is 0 Å². The van der Waals surface area contributed by atoms with Gasteiger partial charge >= 0.3 is 5.97 Å². The molecule has 0 spiro atoms. The molecule has 1 amide bonds. The van der Waals surface area contributed by atoms with Crippen molar-refractivity contribution in [1.82, 2.24) is 5.32 Å². The highest BCUT2D eigenvalue weighted by Crippen LogP contribution is 2.27. The summed E-state index contributed by atoms with van der Waals surface area (Å²) in [4.78, 5) is 24.0. The molecule has 0 fully saturated rings. The highest BCUT2D eigenvalue weighted by Gasteiger charge is 2.20. The van der Waals surface area contributed by atoms with Crippen molar-refractivity contribution in [2.45, 2.75) is 25.8 Å². The molecular formula is C19H23NO4S. The Labute approximate surface area is 151 Å². The van der Waals surface area contributed by atoms with Gasteiger partial charge in [-0.25, -0.2) is 4.79 Å². The summed E-state index contributed by atoms with van der Waals surface area (Å²) >= 11 is 1.61. The van der Waals surface area contributed by atoms with Crippen LogP contribution >= 0.6 is 11.8 Å². The summed E-state index contributed by atoms with van der Waals surface area (Å²) in [5.41, 5.74) is 1.69. The first-order chi connectivity index (χ1) is 12.1. The third kappa shape index (κ3) is 4.89. The van der Waals surface area contributed by atoms with E-state index >= 15 is 0 Å². The van der Waals surface area contributed by atoms with E-state index in [0.29, 0.717) is 6.42 Å². The third-order valence-corrected chi connectivity index (χ3v) is 4.49. The zero-order valence-electron chi connectivity index (χ0n) is 14.7. The number of fused-ring (bicyclic) bond motifs is 1. The van der Waals surface area contributed by atoms with Gasteiger partial charge in [-0.3, -0.25) is 4.79 Å². The lowest BCUT2D eigenvalue weighted by molar-refractivity contribution is -0.144. The fourth-order valence-corrected chi connectivity index (χ4v) is 3.04. The zero-order valence-corrected chi connectivity index (χ0v) is 15.5. The molecule has 2 aromatic rings. The molecule has 0 bridgehead atoms. The summed E-state index contributed by atoms with van der Waals surface area (Å²) in [5, 5.41) is 3.67. The second-order valence-corrected chi connectivity index (χ2v) is 6.47. The number of carbonyl (C=O) groups is 2. The predicted molar refractivity (Wildman–Crippen MR) is 102 cm³/mol. The minimum Gasteiger partial charge on any atom is -0.467 e. The van der Waals surface area contributed by atoms with Crippen LogP contribution in [0.2, 0.25) is 0 Å². The van der Waals surface area contributed by atoms with Crippen LogP contribution in [0.3, 0.4) is 0 Å².